The molecule has 0 aromatic heterocycles. The van der Waals surface area contributed by atoms with E-state index in [0.717, 1.165) is 13.1 Å². The molecule has 0 aliphatic rings. The number of nitrogens with zero attached hydrogens (tertiary/aromatic N) is 1. The standard InChI is InChI=1S/C15H24N2O/c1-11(2)9-17(10-12(3)4)15(18)13-6-5-7-14(16)8-13/h5-8,11-12H,9-10,16H2,1-4H3. The first kappa shape index (κ1) is 14.6. The first-order chi connectivity index (χ1) is 8.40. The van der Waals surface area contributed by atoms with E-state index in [1.807, 2.05) is 17.0 Å². The van der Waals surface area contributed by atoms with Crippen LogP contribution >= 0.6 is 0 Å². The largest absolute Gasteiger partial charge is 0.399 e. The van der Waals surface area contributed by atoms with Crippen molar-refractivity contribution in [2.24, 2.45) is 11.8 Å². The van der Waals surface area contributed by atoms with Crippen LogP contribution in [-0.2, 0) is 0 Å². The topological polar surface area (TPSA) is 46.3 Å². The Balaban J connectivity index is 2.87. The average Bonchev–Trinajstić information content (AvgIpc) is 2.26. The number of nitrogen functional groups attached to an aromatic ring is 1. The number of hydrogen-bond donors (Lipinski definition) is 1. The van der Waals surface area contributed by atoms with E-state index >= 15 is 0 Å². The second kappa shape index (κ2) is 6.43. The number of rotatable bonds is 5. The molecule has 1 aromatic carbocycles. The van der Waals surface area contributed by atoms with Crippen molar-refractivity contribution in [1.82, 2.24) is 4.90 Å². The molecule has 0 heterocycles. The van der Waals surface area contributed by atoms with E-state index in [9.17, 15) is 4.79 Å². The Labute approximate surface area is 110 Å². The van der Waals surface area contributed by atoms with Crippen molar-refractivity contribution in [3.8, 4) is 0 Å². The van der Waals surface area contributed by atoms with Gasteiger partial charge >= 0.3 is 0 Å². The summed E-state index contributed by atoms with van der Waals surface area (Å²) < 4.78 is 0. The third-order valence-corrected chi connectivity index (χ3v) is 2.59. The van der Waals surface area contributed by atoms with Crippen LogP contribution in [0.4, 0.5) is 5.69 Å². The lowest BCUT2D eigenvalue weighted by atomic mass is 10.1. The van der Waals surface area contributed by atoms with Gasteiger partial charge in [-0.1, -0.05) is 33.8 Å². The van der Waals surface area contributed by atoms with E-state index in [2.05, 4.69) is 27.7 Å². The number of nitrogens with two attached hydrogens (primary N) is 1. The molecule has 0 unspecified atom stereocenters. The summed E-state index contributed by atoms with van der Waals surface area (Å²) in [5.41, 5.74) is 7.04. The van der Waals surface area contributed by atoms with Crippen molar-refractivity contribution in [2.75, 3.05) is 18.8 Å². The summed E-state index contributed by atoms with van der Waals surface area (Å²) in [6, 6.07) is 7.19. The normalized spacial score (nSPS) is 11.0. The molecule has 2 N–H and O–H groups in total. The lowest BCUT2D eigenvalue weighted by Crippen LogP contribution is -2.37. The van der Waals surface area contributed by atoms with Gasteiger partial charge in [0.25, 0.3) is 5.91 Å². The van der Waals surface area contributed by atoms with E-state index in [0.29, 0.717) is 23.1 Å². The van der Waals surface area contributed by atoms with Crippen LogP contribution in [0.3, 0.4) is 0 Å². The van der Waals surface area contributed by atoms with Crippen molar-refractivity contribution in [3.63, 3.8) is 0 Å². The zero-order valence-electron chi connectivity index (χ0n) is 11.8. The smallest absolute Gasteiger partial charge is 0.253 e. The van der Waals surface area contributed by atoms with Gasteiger partial charge in [0.05, 0.1) is 0 Å². The first-order valence-corrected chi connectivity index (χ1v) is 6.55. The van der Waals surface area contributed by atoms with Gasteiger partial charge in [-0.05, 0) is 30.0 Å². The fourth-order valence-electron chi connectivity index (χ4n) is 1.98. The molecule has 3 heteroatoms. The van der Waals surface area contributed by atoms with Gasteiger partial charge in [-0.15, -0.1) is 0 Å². The number of carbonyl (C=O) groups excluding carboxylic acids is 1. The summed E-state index contributed by atoms with van der Waals surface area (Å²) in [7, 11) is 0. The molecule has 0 spiro atoms. The van der Waals surface area contributed by atoms with Crippen molar-refractivity contribution in [1.29, 1.82) is 0 Å². The molecule has 0 fully saturated rings. The van der Waals surface area contributed by atoms with Crippen LogP contribution in [0.1, 0.15) is 38.1 Å². The van der Waals surface area contributed by atoms with Gasteiger partial charge in [-0.3, -0.25) is 4.79 Å². The van der Waals surface area contributed by atoms with E-state index in [1.165, 1.54) is 0 Å². The number of hydrogen-bond acceptors (Lipinski definition) is 2. The molecule has 3 nitrogen and oxygen atoms in total. The summed E-state index contributed by atoms with van der Waals surface area (Å²) in [6.07, 6.45) is 0. The number of amides is 1. The van der Waals surface area contributed by atoms with Gasteiger partial charge in [-0.25, -0.2) is 0 Å². The number of benzene rings is 1. The Morgan fingerprint density at radius 2 is 1.72 bits per heavy atom. The third kappa shape index (κ3) is 4.40. The predicted molar refractivity (Wildman–Crippen MR) is 76.4 cm³/mol. The highest BCUT2D eigenvalue weighted by Crippen LogP contribution is 2.13. The summed E-state index contributed by atoms with van der Waals surface area (Å²) in [5, 5.41) is 0. The zero-order chi connectivity index (χ0) is 13.7. The Hall–Kier alpha value is -1.51. The van der Waals surface area contributed by atoms with Gasteiger partial charge < -0.3 is 10.6 Å². The molecule has 0 saturated heterocycles. The van der Waals surface area contributed by atoms with Crippen LogP contribution < -0.4 is 5.73 Å². The second-order valence-electron chi connectivity index (χ2n) is 5.62. The predicted octanol–water partition coefficient (Wildman–Crippen LogP) is 3.02. The van der Waals surface area contributed by atoms with Gasteiger partial charge in [0.15, 0.2) is 0 Å². The highest BCUT2D eigenvalue weighted by atomic mass is 16.2. The van der Waals surface area contributed by atoms with Crippen molar-refractivity contribution in [2.45, 2.75) is 27.7 Å². The lowest BCUT2D eigenvalue weighted by molar-refractivity contribution is 0.0715. The van der Waals surface area contributed by atoms with Gasteiger partial charge in [0, 0.05) is 24.3 Å². The monoisotopic (exact) mass is 248 g/mol. The molecule has 1 rings (SSSR count). The van der Waals surface area contributed by atoms with E-state index in [1.54, 1.807) is 12.1 Å². The molecule has 0 radical (unpaired) electrons. The molecule has 0 saturated carbocycles. The lowest BCUT2D eigenvalue weighted by Gasteiger charge is -2.26. The third-order valence-electron chi connectivity index (χ3n) is 2.59. The van der Waals surface area contributed by atoms with E-state index < -0.39 is 0 Å². The van der Waals surface area contributed by atoms with Gasteiger partial charge in [0.2, 0.25) is 0 Å². The van der Waals surface area contributed by atoms with Crippen molar-refractivity contribution >= 4 is 11.6 Å². The van der Waals surface area contributed by atoms with Crippen LogP contribution in [0, 0.1) is 11.8 Å². The van der Waals surface area contributed by atoms with E-state index in [4.69, 9.17) is 5.73 Å². The quantitative estimate of drug-likeness (QED) is 0.814. The summed E-state index contributed by atoms with van der Waals surface area (Å²) >= 11 is 0. The molecule has 18 heavy (non-hydrogen) atoms. The second-order valence-corrected chi connectivity index (χ2v) is 5.62. The van der Waals surface area contributed by atoms with E-state index in [-0.39, 0.29) is 5.91 Å². The highest BCUT2D eigenvalue weighted by molar-refractivity contribution is 5.95. The molecule has 0 bridgehead atoms. The molecule has 1 aromatic rings. The van der Waals surface area contributed by atoms with Crippen molar-refractivity contribution in [3.05, 3.63) is 29.8 Å². The summed E-state index contributed by atoms with van der Waals surface area (Å²) in [5.74, 6) is 1.01. The molecule has 1 amide bonds. The maximum Gasteiger partial charge on any atom is 0.253 e. The molecule has 100 valence electrons. The van der Waals surface area contributed by atoms with Crippen LogP contribution in [-0.4, -0.2) is 23.9 Å². The minimum absolute atomic E-state index is 0.0738. The van der Waals surface area contributed by atoms with Crippen LogP contribution in [0.15, 0.2) is 24.3 Å². The minimum atomic E-state index is 0.0738. The zero-order valence-corrected chi connectivity index (χ0v) is 11.8. The SMILES string of the molecule is CC(C)CN(CC(C)C)C(=O)c1cccc(N)c1. The minimum Gasteiger partial charge on any atom is -0.399 e. The number of anilines is 1. The molecule has 0 aliphatic carbocycles. The molecular formula is C15H24N2O. The average molecular weight is 248 g/mol. The Kier molecular flexibility index (Phi) is 5.20. The summed E-state index contributed by atoms with van der Waals surface area (Å²) in [4.78, 5) is 14.4. The van der Waals surface area contributed by atoms with Crippen LogP contribution in [0.25, 0.3) is 0 Å². The maximum absolute atomic E-state index is 12.4. The summed E-state index contributed by atoms with van der Waals surface area (Å²) in [6.45, 7) is 10.1. The van der Waals surface area contributed by atoms with Gasteiger partial charge in [-0.2, -0.15) is 0 Å². The Bertz CT molecular complexity index is 389. The fraction of sp³-hybridized carbons (Fsp3) is 0.533. The van der Waals surface area contributed by atoms with Crippen molar-refractivity contribution < 1.29 is 4.79 Å². The van der Waals surface area contributed by atoms with Gasteiger partial charge in [0.1, 0.15) is 0 Å². The van der Waals surface area contributed by atoms with Crippen LogP contribution in [0.2, 0.25) is 0 Å². The maximum atomic E-state index is 12.4. The molecule has 0 aliphatic heterocycles. The number of carbonyl (C=O) groups is 1. The Morgan fingerprint density at radius 3 is 2.17 bits per heavy atom. The fourth-order valence-corrected chi connectivity index (χ4v) is 1.98. The molecular weight excluding hydrogens is 224 g/mol. The first-order valence-electron chi connectivity index (χ1n) is 6.55. The highest BCUT2D eigenvalue weighted by Gasteiger charge is 2.17. The molecule has 0 atom stereocenters. The Morgan fingerprint density at radius 1 is 1.17 bits per heavy atom. The van der Waals surface area contributed by atoms with Crippen LogP contribution in [0.5, 0.6) is 0 Å².